The van der Waals surface area contributed by atoms with E-state index in [2.05, 4.69) is 4.98 Å². The van der Waals surface area contributed by atoms with Gasteiger partial charge < -0.3 is 9.84 Å². The summed E-state index contributed by atoms with van der Waals surface area (Å²) in [5.74, 6) is 0. The Balaban J connectivity index is 2.07. The molecule has 0 spiro atoms. The zero-order chi connectivity index (χ0) is 21.0. The van der Waals surface area contributed by atoms with Gasteiger partial charge in [-0.25, -0.2) is 4.79 Å². The number of aromatic nitrogens is 2. The Kier molecular flexibility index (Phi) is 6.15. The summed E-state index contributed by atoms with van der Waals surface area (Å²) in [4.78, 5) is 27.3. The molecule has 0 aliphatic rings. The first-order valence-electron chi connectivity index (χ1n) is 9.62. The molecule has 152 valence electrons. The molecule has 2 N–H and O–H groups in total. The fraction of sp³-hybridized carbons (Fsp3) is 0.304. The van der Waals surface area contributed by atoms with Crippen molar-refractivity contribution in [2.24, 2.45) is 0 Å². The highest BCUT2D eigenvalue weighted by atomic mass is 16.5. The molecule has 3 aromatic rings. The number of H-pyrrole nitrogens is 1. The maximum Gasteiger partial charge on any atom is 0.330 e. The summed E-state index contributed by atoms with van der Waals surface area (Å²) in [5, 5.41) is 11.6. The molecule has 2 aromatic carbocycles. The Labute approximate surface area is 169 Å². The third-order valence-corrected chi connectivity index (χ3v) is 5.16. The van der Waals surface area contributed by atoms with Crippen LogP contribution in [0.3, 0.4) is 0 Å². The third-order valence-electron chi connectivity index (χ3n) is 5.16. The average Bonchev–Trinajstić information content (AvgIpc) is 2.72. The summed E-state index contributed by atoms with van der Waals surface area (Å²) >= 11 is 0. The summed E-state index contributed by atoms with van der Waals surface area (Å²) in [5.41, 5.74) is 0.501. The van der Waals surface area contributed by atoms with E-state index in [1.54, 1.807) is 13.0 Å². The number of nitrogens with one attached hydrogen (secondary N) is 1. The Morgan fingerprint density at radius 2 is 1.79 bits per heavy atom. The summed E-state index contributed by atoms with van der Waals surface area (Å²) in [6.45, 7) is 5.58. The normalized spacial score (nSPS) is 13.2. The SMILES string of the molecule is CCC(O)(c1cccc(C)c1)c1c(C)c(=O)[nH]c(=O)n1COCc1ccccc1. The molecule has 29 heavy (non-hydrogen) atoms. The van der Waals surface area contributed by atoms with Crippen LogP contribution in [-0.2, 0) is 23.7 Å². The summed E-state index contributed by atoms with van der Waals surface area (Å²) < 4.78 is 7.06. The van der Waals surface area contributed by atoms with Crippen molar-refractivity contribution in [2.75, 3.05) is 0 Å². The Hall–Kier alpha value is -2.96. The molecule has 1 aromatic heterocycles. The number of aliphatic hydroxyl groups is 1. The fourth-order valence-electron chi connectivity index (χ4n) is 3.57. The predicted molar refractivity (Wildman–Crippen MR) is 112 cm³/mol. The second-order valence-electron chi connectivity index (χ2n) is 7.21. The van der Waals surface area contributed by atoms with Crippen LogP contribution < -0.4 is 11.2 Å². The highest BCUT2D eigenvalue weighted by molar-refractivity contribution is 5.37. The van der Waals surface area contributed by atoms with Crippen LogP contribution in [0.2, 0.25) is 0 Å². The number of ether oxygens (including phenoxy) is 1. The van der Waals surface area contributed by atoms with Crippen molar-refractivity contribution in [3.05, 3.63) is 103 Å². The van der Waals surface area contributed by atoms with Gasteiger partial charge in [0.05, 0.1) is 12.3 Å². The Morgan fingerprint density at radius 1 is 1.07 bits per heavy atom. The number of rotatable bonds is 7. The van der Waals surface area contributed by atoms with Gasteiger partial charge in [-0.15, -0.1) is 0 Å². The highest BCUT2D eigenvalue weighted by Crippen LogP contribution is 2.33. The van der Waals surface area contributed by atoms with Gasteiger partial charge in [0.25, 0.3) is 5.56 Å². The van der Waals surface area contributed by atoms with Crippen molar-refractivity contribution in [3.63, 3.8) is 0 Å². The van der Waals surface area contributed by atoms with E-state index >= 15 is 0 Å². The zero-order valence-corrected chi connectivity index (χ0v) is 16.9. The van der Waals surface area contributed by atoms with Crippen molar-refractivity contribution in [3.8, 4) is 0 Å². The maximum absolute atomic E-state index is 12.6. The lowest BCUT2D eigenvalue weighted by Crippen LogP contribution is -2.42. The van der Waals surface area contributed by atoms with Crippen LogP contribution in [0.15, 0.2) is 64.2 Å². The number of nitrogens with zero attached hydrogens (tertiary/aromatic N) is 1. The molecule has 0 bridgehead atoms. The third kappa shape index (κ3) is 4.23. The van der Waals surface area contributed by atoms with Crippen LogP contribution in [0.1, 0.15) is 41.3 Å². The molecule has 1 heterocycles. The van der Waals surface area contributed by atoms with Gasteiger partial charge in [0.1, 0.15) is 12.3 Å². The van der Waals surface area contributed by atoms with Gasteiger partial charge in [0, 0.05) is 5.56 Å². The molecule has 0 fully saturated rings. The van der Waals surface area contributed by atoms with E-state index < -0.39 is 16.9 Å². The van der Waals surface area contributed by atoms with Crippen molar-refractivity contribution >= 4 is 0 Å². The van der Waals surface area contributed by atoms with E-state index in [1.807, 2.05) is 62.4 Å². The molecule has 1 unspecified atom stereocenters. The molecule has 0 radical (unpaired) electrons. The highest BCUT2D eigenvalue weighted by Gasteiger charge is 2.35. The van der Waals surface area contributed by atoms with Gasteiger partial charge in [0.2, 0.25) is 0 Å². The van der Waals surface area contributed by atoms with Crippen LogP contribution >= 0.6 is 0 Å². The first kappa shape index (κ1) is 20.8. The van der Waals surface area contributed by atoms with Gasteiger partial charge in [-0.2, -0.15) is 0 Å². The molecule has 0 aliphatic carbocycles. The molecular formula is C23H26N2O4. The molecule has 0 aliphatic heterocycles. The van der Waals surface area contributed by atoms with Gasteiger partial charge in [-0.3, -0.25) is 14.3 Å². The lowest BCUT2D eigenvalue weighted by molar-refractivity contribution is 0.0297. The van der Waals surface area contributed by atoms with E-state index in [-0.39, 0.29) is 12.4 Å². The van der Waals surface area contributed by atoms with Gasteiger partial charge in [-0.1, -0.05) is 67.1 Å². The topological polar surface area (TPSA) is 84.3 Å². The van der Waals surface area contributed by atoms with E-state index in [4.69, 9.17) is 4.74 Å². The van der Waals surface area contributed by atoms with E-state index in [0.29, 0.717) is 24.2 Å². The van der Waals surface area contributed by atoms with Gasteiger partial charge >= 0.3 is 5.69 Å². The molecule has 0 amide bonds. The van der Waals surface area contributed by atoms with Crippen LogP contribution in [0.25, 0.3) is 0 Å². The molecule has 0 saturated carbocycles. The molecule has 3 rings (SSSR count). The van der Waals surface area contributed by atoms with Crippen LogP contribution in [0.4, 0.5) is 0 Å². The van der Waals surface area contributed by atoms with Gasteiger partial charge in [-0.05, 0) is 31.4 Å². The number of hydrogen-bond donors (Lipinski definition) is 2. The standard InChI is InChI=1S/C23H26N2O4/c1-4-23(28,19-12-8-9-16(2)13-19)20-17(3)21(26)24-22(27)25(20)15-29-14-18-10-6-5-7-11-18/h5-13,28H,4,14-15H2,1-3H3,(H,24,26,27). The fourth-order valence-corrected chi connectivity index (χ4v) is 3.57. The maximum atomic E-state index is 12.6. The average molecular weight is 394 g/mol. The van der Waals surface area contributed by atoms with Crippen LogP contribution in [0, 0.1) is 13.8 Å². The predicted octanol–water partition coefficient (Wildman–Crippen LogP) is 2.97. The minimum absolute atomic E-state index is 0.0885. The van der Waals surface area contributed by atoms with Crippen LogP contribution in [0.5, 0.6) is 0 Å². The molecule has 1 atom stereocenters. The smallest absolute Gasteiger partial charge is 0.330 e. The van der Waals surface area contributed by atoms with Crippen molar-refractivity contribution in [1.29, 1.82) is 0 Å². The summed E-state index contributed by atoms with van der Waals surface area (Å²) in [6.07, 6.45) is 0.291. The molecule has 6 nitrogen and oxygen atoms in total. The van der Waals surface area contributed by atoms with E-state index in [1.165, 1.54) is 4.57 Å². The Morgan fingerprint density at radius 3 is 2.45 bits per heavy atom. The van der Waals surface area contributed by atoms with Crippen molar-refractivity contribution < 1.29 is 9.84 Å². The number of benzene rings is 2. The second kappa shape index (κ2) is 8.59. The molecular weight excluding hydrogens is 368 g/mol. The van der Waals surface area contributed by atoms with Crippen molar-refractivity contribution in [1.82, 2.24) is 9.55 Å². The van der Waals surface area contributed by atoms with E-state index in [9.17, 15) is 14.7 Å². The van der Waals surface area contributed by atoms with E-state index in [0.717, 1.165) is 11.1 Å². The minimum Gasteiger partial charge on any atom is -0.379 e. The van der Waals surface area contributed by atoms with Crippen LogP contribution in [-0.4, -0.2) is 14.7 Å². The Bertz CT molecular complexity index is 1100. The minimum atomic E-state index is -1.50. The monoisotopic (exact) mass is 394 g/mol. The first-order chi connectivity index (χ1) is 13.9. The second-order valence-corrected chi connectivity index (χ2v) is 7.21. The van der Waals surface area contributed by atoms with Crippen molar-refractivity contribution in [2.45, 2.75) is 46.1 Å². The zero-order valence-electron chi connectivity index (χ0n) is 16.9. The first-order valence-corrected chi connectivity index (χ1v) is 9.62. The number of aromatic amines is 1. The lowest BCUT2D eigenvalue weighted by atomic mass is 9.85. The lowest BCUT2D eigenvalue weighted by Gasteiger charge is -2.31. The quantitative estimate of drug-likeness (QED) is 0.645. The molecule has 6 heteroatoms. The van der Waals surface area contributed by atoms with Gasteiger partial charge in [0.15, 0.2) is 0 Å². The summed E-state index contributed by atoms with van der Waals surface area (Å²) in [7, 11) is 0. The number of hydrogen-bond acceptors (Lipinski definition) is 4. The largest absolute Gasteiger partial charge is 0.379 e. The summed E-state index contributed by atoms with van der Waals surface area (Å²) in [6, 6.07) is 17.0. The molecule has 0 saturated heterocycles. The number of aryl methyl sites for hydroxylation is 1.